The molecule has 90 valence electrons. The Kier molecular flexibility index (Phi) is 4.83. The number of nitrogens with two attached hydrogens (primary N) is 1. The van der Waals surface area contributed by atoms with Gasteiger partial charge in [-0.3, -0.25) is 0 Å². The van der Waals surface area contributed by atoms with Gasteiger partial charge in [0.05, 0.1) is 6.10 Å². The van der Waals surface area contributed by atoms with E-state index in [1.54, 1.807) is 7.11 Å². The molecule has 2 N–H and O–H groups in total. The number of hydrogen-bond acceptors (Lipinski definition) is 4. The van der Waals surface area contributed by atoms with Crippen molar-refractivity contribution in [3.05, 3.63) is 23.3 Å². The van der Waals surface area contributed by atoms with Crippen LogP contribution in [0.4, 0.5) is 0 Å². The van der Waals surface area contributed by atoms with Crippen LogP contribution in [0.3, 0.4) is 0 Å². The van der Waals surface area contributed by atoms with Crippen molar-refractivity contribution >= 4 is 0 Å². The number of methoxy groups -OCH3 is 1. The zero-order chi connectivity index (χ0) is 12.1. The average Bonchev–Trinajstić information content (AvgIpc) is 2.15. The quantitative estimate of drug-likeness (QED) is 0.816. The molecular formula is C12H21N3O. The maximum atomic E-state index is 5.77. The minimum absolute atomic E-state index is 0.127. The molecule has 1 heterocycles. The summed E-state index contributed by atoms with van der Waals surface area (Å²) < 4.78 is 5.21. The van der Waals surface area contributed by atoms with Crippen LogP contribution in [-0.4, -0.2) is 29.2 Å². The minimum atomic E-state index is 0.127. The monoisotopic (exact) mass is 223 g/mol. The van der Waals surface area contributed by atoms with E-state index in [1.165, 1.54) is 0 Å². The van der Waals surface area contributed by atoms with E-state index < -0.39 is 0 Å². The Morgan fingerprint density at radius 3 is 2.56 bits per heavy atom. The van der Waals surface area contributed by atoms with Gasteiger partial charge >= 0.3 is 0 Å². The maximum absolute atomic E-state index is 5.77. The van der Waals surface area contributed by atoms with Crippen molar-refractivity contribution < 1.29 is 4.74 Å². The molecule has 0 saturated heterocycles. The second kappa shape index (κ2) is 5.92. The molecule has 0 aliphatic heterocycles. The molecule has 0 saturated carbocycles. The van der Waals surface area contributed by atoms with Crippen molar-refractivity contribution in [2.75, 3.05) is 7.11 Å². The lowest BCUT2D eigenvalue weighted by atomic mass is 10.1. The maximum Gasteiger partial charge on any atom is 0.131 e. The van der Waals surface area contributed by atoms with Crippen LogP contribution in [0.1, 0.15) is 31.1 Å². The summed E-state index contributed by atoms with van der Waals surface area (Å²) in [7, 11) is 1.70. The van der Waals surface area contributed by atoms with E-state index in [-0.39, 0.29) is 12.1 Å². The number of aryl methyl sites for hydroxylation is 1. The number of hydrogen-bond donors (Lipinski definition) is 1. The summed E-state index contributed by atoms with van der Waals surface area (Å²) in [4.78, 5) is 8.89. The summed E-state index contributed by atoms with van der Waals surface area (Å²) in [6, 6.07) is 2.12. The molecule has 0 aliphatic carbocycles. The number of aromatic nitrogens is 2. The van der Waals surface area contributed by atoms with Gasteiger partial charge in [0.2, 0.25) is 0 Å². The number of ether oxygens (including phenoxy) is 1. The second-order valence-corrected chi connectivity index (χ2v) is 4.35. The highest BCUT2D eigenvalue weighted by molar-refractivity contribution is 5.11. The molecule has 16 heavy (non-hydrogen) atoms. The third-order valence-electron chi connectivity index (χ3n) is 2.36. The zero-order valence-corrected chi connectivity index (χ0v) is 10.5. The summed E-state index contributed by atoms with van der Waals surface area (Å²) in [5, 5.41) is 0. The Bertz CT molecular complexity index is 339. The van der Waals surface area contributed by atoms with Crippen LogP contribution in [0.2, 0.25) is 0 Å². The van der Waals surface area contributed by atoms with Crippen LogP contribution in [-0.2, 0) is 17.6 Å². The first kappa shape index (κ1) is 13.1. The van der Waals surface area contributed by atoms with Gasteiger partial charge in [-0.2, -0.15) is 0 Å². The molecule has 0 fully saturated rings. The summed E-state index contributed by atoms with van der Waals surface area (Å²) in [5.41, 5.74) is 7.77. The van der Waals surface area contributed by atoms with E-state index in [9.17, 15) is 0 Å². The van der Waals surface area contributed by atoms with Crippen LogP contribution in [0, 0.1) is 6.92 Å². The Morgan fingerprint density at radius 2 is 2.00 bits per heavy atom. The lowest BCUT2D eigenvalue weighted by Gasteiger charge is -2.11. The SMILES string of the molecule is COC(C)Cc1nc(C)cc(CC(C)N)n1. The van der Waals surface area contributed by atoms with Crippen LogP contribution >= 0.6 is 0 Å². The zero-order valence-electron chi connectivity index (χ0n) is 10.5. The molecule has 0 amide bonds. The molecule has 1 rings (SSSR count). The van der Waals surface area contributed by atoms with Gasteiger partial charge in [-0.25, -0.2) is 9.97 Å². The van der Waals surface area contributed by atoms with E-state index in [1.807, 2.05) is 26.8 Å². The number of rotatable bonds is 5. The summed E-state index contributed by atoms with van der Waals surface area (Å²) in [6.07, 6.45) is 1.67. The van der Waals surface area contributed by atoms with E-state index in [0.29, 0.717) is 0 Å². The van der Waals surface area contributed by atoms with Crippen molar-refractivity contribution in [3.63, 3.8) is 0 Å². The fraction of sp³-hybridized carbons (Fsp3) is 0.667. The number of nitrogens with zero attached hydrogens (tertiary/aromatic N) is 2. The first-order chi connectivity index (χ1) is 7.51. The van der Waals surface area contributed by atoms with Gasteiger partial charge in [0.1, 0.15) is 5.82 Å². The topological polar surface area (TPSA) is 61.0 Å². The molecule has 0 spiro atoms. The molecule has 4 heteroatoms. The average molecular weight is 223 g/mol. The fourth-order valence-electron chi connectivity index (χ4n) is 1.57. The first-order valence-corrected chi connectivity index (χ1v) is 5.63. The molecule has 1 aromatic heterocycles. The predicted octanol–water partition coefficient (Wildman–Crippen LogP) is 1.25. The smallest absolute Gasteiger partial charge is 0.131 e. The van der Waals surface area contributed by atoms with Crippen LogP contribution in [0.25, 0.3) is 0 Å². The highest BCUT2D eigenvalue weighted by Gasteiger charge is 2.08. The third-order valence-corrected chi connectivity index (χ3v) is 2.36. The van der Waals surface area contributed by atoms with E-state index in [0.717, 1.165) is 30.1 Å². The highest BCUT2D eigenvalue weighted by Crippen LogP contribution is 2.06. The lowest BCUT2D eigenvalue weighted by Crippen LogP contribution is -2.20. The minimum Gasteiger partial charge on any atom is -0.381 e. The largest absolute Gasteiger partial charge is 0.381 e. The fourth-order valence-corrected chi connectivity index (χ4v) is 1.57. The lowest BCUT2D eigenvalue weighted by molar-refractivity contribution is 0.117. The van der Waals surface area contributed by atoms with Crippen molar-refractivity contribution in [1.82, 2.24) is 9.97 Å². The summed E-state index contributed by atoms with van der Waals surface area (Å²) in [5.74, 6) is 0.838. The molecular weight excluding hydrogens is 202 g/mol. The molecule has 2 unspecified atom stereocenters. The van der Waals surface area contributed by atoms with Crippen molar-refractivity contribution in [2.45, 2.75) is 45.8 Å². The highest BCUT2D eigenvalue weighted by atomic mass is 16.5. The van der Waals surface area contributed by atoms with Crippen LogP contribution in [0.15, 0.2) is 6.07 Å². The first-order valence-electron chi connectivity index (χ1n) is 5.63. The van der Waals surface area contributed by atoms with Crippen LogP contribution < -0.4 is 5.73 Å². The molecule has 2 atom stereocenters. The van der Waals surface area contributed by atoms with Gasteiger partial charge in [-0.05, 0) is 26.8 Å². The summed E-state index contributed by atoms with van der Waals surface area (Å²) >= 11 is 0. The molecule has 0 radical (unpaired) electrons. The second-order valence-electron chi connectivity index (χ2n) is 4.35. The molecule has 0 bridgehead atoms. The van der Waals surface area contributed by atoms with E-state index in [2.05, 4.69) is 9.97 Å². The van der Waals surface area contributed by atoms with Crippen LogP contribution in [0.5, 0.6) is 0 Å². The normalized spacial score (nSPS) is 14.8. The van der Waals surface area contributed by atoms with Gasteiger partial charge in [-0.15, -0.1) is 0 Å². The van der Waals surface area contributed by atoms with Crippen molar-refractivity contribution in [2.24, 2.45) is 5.73 Å². The van der Waals surface area contributed by atoms with Crippen molar-refractivity contribution in [1.29, 1.82) is 0 Å². The Morgan fingerprint density at radius 1 is 1.31 bits per heavy atom. The molecule has 4 nitrogen and oxygen atoms in total. The third kappa shape index (κ3) is 4.24. The molecule has 0 aromatic carbocycles. The van der Waals surface area contributed by atoms with E-state index in [4.69, 9.17) is 10.5 Å². The van der Waals surface area contributed by atoms with Crippen molar-refractivity contribution in [3.8, 4) is 0 Å². The standard InChI is InChI=1S/C12H21N3O/c1-8(13)5-11-6-9(2)14-12(15-11)7-10(3)16-4/h6,8,10H,5,7,13H2,1-4H3. The molecule has 1 aromatic rings. The Hall–Kier alpha value is -1.00. The van der Waals surface area contributed by atoms with Gasteiger partial charge in [0, 0.05) is 37.4 Å². The molecule has 0 aliphatic rings. The van der Waals surface area contributed by atoms with Gasteiger partial charge in [-0.1, -0.05) is 0 Å². The predicted molar refractivity (Wildman–Crippen MR) is 64.3 cm³/mol. The van der Waals surface area contributed by atoms with Gasteiger partial charge in [0.15, 0.2) is 0 Å². The Balaban J connectivity index is 2.81. The Labute approximate surface area is 97.2 Å². The van der Waals surface area contributed by atoms with E-state index >= 15 is 0 Å². The summed E-state index contributed by atoms with van der Waals surface area (Å²) in [6.45, 7) is 5.97. The van der Waals surface area contributed by atoms with Gasteiger partial charge < -0.3 is 10.5 Å². The van der Waals surface area contributed by atoms with Gasteiger partial charge in [0.25, 0.3) is 0 Å².